The minimum Gasteiger partial charge on any atom is -0.478 e. The van der Waals surface area contributed by atoms with Crippen LogP contribution in [0.1, 0.15) is 43.2 Å². The lowest BCUT2D eigenvalue weighted by atomic mass is 9.85. The van der Waals surface area contributed by atoms with Crippen LogP contribution in [-0.4, -0.2) is 28.0 Å². The van der Waals surface area contributed by atoms with Crippen LogP contribution >= 0.6 is 0 Å². The second-order valence-corrected chi connectivity index (χ2v) is 5.79. The van der Waals surface area contributed by atoms with Gasteiger partial charge in [-0.25, -0.2) is 4.79 Å². The van der Waals surface area contributed by atoms with Gasteiger partial charge in [0.2, 0.25) is 5.91 Å². The van der Waals surface area contributed by atoms with Crippen molar-refractivity contribution in [3.8, 4) is 0 Å². The smallest absolute Gasteiger partial charge is 0.335 e. The molecule has 0 bridgehead atoms. The number of carbonyl (C=O) groups is 2. The Balaban J connectivity index is 2.53. The number of hydrogen-bond acceptors (Lipinski definition) is 4. The monoisotopic (exact) mass is 279 g/mol. The van der Waals surface area contributed by atoms with Gasteiger partial charge in [-0.2, -0.15) is 0 Å². The van der Waals surface area contributed by atoms with E-state index in [1.165, 1.54) is 18.3 Å². The van der Waals surface area contributed by atoms with Gasteiger partial charge < -0.3 is 16.2 Å². The highest BCUT2D eigenvalue weighted by Gasteiger charge is 2.23. The van der Waals surface area contributed by atoms with Crippen LogP contribution in [0.5, 0.6) is 0 Å². The minimum atomic E-state index is -1.02. The van der Waals surface area contributed by atoms with Crippen molar-refractivity contribution in [1.82, 2.24) is 10.3 Å². The molecule has 0 aromatic carbocycles. The molecule has 20 heavy (non-hydrogen) atoms. The molecule has 4 N–H and O–H groups in total. The van der Waals surface area contributed by atoms with Crippen LogP contribution in [0.4, 0.5) is 0 Å². The highest BCUT2D eigenvalue weighted by molar-refractivity contribution is 5.87. The zero-order valence-electron chi connectivity index (χ0n) is 12.0. The summed E-state index contributed by atoms with van der Waals surface area (Å²) in [5.41, 5.74) is 6.44. The van der Waals surface area contributed by atoms with Crippen LogP contribution in [0.2, 0.25) is 0 Å². The van der Waals surface area contributed by atoms with Crippen LogP contribution in [0.3, 0.4) is 0 Å². The van der Waals surface area contributed by atoms with E-state index in [-0.39, 0.29) is 35.9 Å². The standard InChI is InChI=1S/C14H21N3O3/c1-14(2,3)11(15)7-12(18)17-8-10-6-9(13(19)20)4-5-16-10/h4-6,11H,7-8,15H2,1-3H3,(H,17,18)(H,19,20). The van der Waals surface area contributed by atoms with Crippen molar-refractivity contribution in [3.05, 3.63) is 29.6 Å². The normalized spacial score (nSPS) is 12.8. The third-order valence-corrected chi connectivity index (χ3v) is 3.05. The first-order chi connectivity index (χ1) is 9.20. The molecule has 1 amide bonds. The average Bonchev–Trinajstić information content (AvgIpc) is 2.35. The second kappa shape index (κ2) is 6.47. The van der Waals surface area contributed by atoms with Crippen molar-refractivity contribution in [1.29, 1.82) is 0 Å². The maximum atomic E-state index is 11.8. The molecule has 1 rings (SSSR count). The van der Waals surface area contributed by atoms with Crippen molar-refractivity contribution in [2.24, 2.45) is 11.1 Å². The molecule has 1 heterocycles. The number of aromatic carboxylic acids is 1. The number of carboxylic acids is 1. The summed E-state index contributed by atoms with van der Waals surface area (Å²) < 4.78 is 0. The molecule has 0 saturated carbocycles. The number of amides is 1. The number of aromatic nitrogens is 1. The molecule has 1 aromatic heterocycles. The molecule has 6 nitrogen and oxygen atoms in total. The molecular weight excluding hydrogens is 258 g/mol. The summed E-state index contributed by atoms with van der Waals surface area (Å²) in [6, 6.07) is 2.61. The van der Waals surface area contributed by atoms with Gasteiger partial charge in [0.05, 0.1) is 17.8 Å². The molecule has 0 fully saturated rings. The molecule has 0 aliphatic heterocycles. The van der Waals surface area contributed by atoms with Gasteiger partial charge in [-0.3, -0.25) is 9.78 Å². The highest BCUT2D eigenvalue weighted by Crippen LogP contribution is 2.19. The minimum absolute atomic E-state index is 0.140. The molecule has 0 aliphatic carbocycles. The summed E-state index contributed by atoms with van der Waals surface area (Å²) in [5, 5.41) is 11.6. The summed E-state index contributed by atoms with van der Waals surface area (Å²) in [4.78, 5) is 26.6. The first-order valence-electron chi connectivity index (χ1n) is 6.40. The van der Waals surface area contributed by atoms with E-state index in [9.17, 15) is 9.59 Å². The predicted molar refractivity (Wildman–Crippen MR) is 75.1 cm³/mol. The number of nitrogens with zero attached hydrogens (tertiary/aromatic N) is 1. The SMILES string of the molecule is CC(C)(C)C(N)CC(=O)NCc1cc(C(=O)O)ccn1. The number of rotatable bonds is 5. The number of carbonyl (C=O) groups excluding carboxylic acids is 1. The Morgan fingerprint density at radius 1 is 1.45 bits per heavy atom. The lowest BCUT2D eigenvalue weighted by Crippen LogP contribution is -2.40. The molecule has 0 aliphatic rings. The van der Waals surface area contributed by atoms with E-state index in [1.54, 1.807) is 0 Å². The van der Waals surface area contributed by atoms with Crippen molar-refractivity contribution < 1.29 is 14.7 Å². The number of pyridine rings is 1. The lowest BCUT2D eigenvalue weighted by Gasteiger charge is -2.26. The fourth-order valence-corrected chi connectivity index (χ4v) is 1.48. The Hall–Kier alpha value is -1.95. The number of hydrogen-bond donors (Lipinski definition) is 3. The number of nitrogens with two attached hydrogens (primary N) is 1. The Bertz CT molecular complexity index is 495. The van der Waals surface area contributed by atoms with Crippen LogP contribution < -0.4 is 11.1 Å². The van der Waals surface area contributed by atoms with E-state index in [4.69, 9.17) is 10.8 Å². The largest absolute Gasteiger partial charge is 0.478 e. The summed E-state index contributed by atoms with van der Waals surface area (Å²) in [6.07, 6.45) is 1.63. The predicted octanol–water partition coefficient (Wildman–Crippen LogP) is 1.16. The highest BCUT2D eigenvalue weighted by atomic mass is 16.4. The zero-order valence-corrected chi connectivity index (χ0v) is 12.0. The summed E-state index contributed by atoms with van der Waals surface area (Å²) in [5.74, 6) is -1.19. The van der Waals surface area contributed by atoms with Gasteiger partial charge >= 0.3 is 5.97 Å². The Labute approximate surface area is 118 Å². The van der Waals surface area contributed by atoms with Crippen LogP contribution in [0.15, 0.2) is 18.3 Å². The Morgan fingerprint density at radius 2 is 2.10 bits per heavy atom. The first-order valence-corrected chi connectivity index (χ1v) is 6.40. The van der Waals surface area contributed by atoms with Crippen LogP contribution in [-0.2, 0) is 11.3 Å². The molecule has 1 unspecified atom stereocenters. The third-order valence-electron chi connectivity index (χ3n) is 3.05. The number of nitrogens with one attached hydrogen (secondary N) is 1. The Kier molecular flexibility index (Phi) is 5.21. The zero-order chi connectivity index (χ0) is 15.3. The lowest BCUT2D eigenvalue weighted by molar-refractivity contribution is -0.122. The Morgan fingerprint density at radius 3 is 2.65 bits per heavy atom. The van der Waals surface area contributed by atoms with Crippen molar-refractivity contribution in [3.63, 3.8) is 0 Å². The molecule has 0 spiro atoms. The quantitative estimate of drug-likeness (QED) is 0.750. The average molecular weight is 279 g/mol. The van der Waals surface area contributed by atoms with Crippen molar-refractivity contribution in [2.45, 2.75) is 39.8 Å². The van der Waals surface area contributed by atoms with Gasteiger partial charge in [0.25, 0.3) is 0 Å². The van der Waals surface area contributed by atoms with Crippen molar-refractivity contribution >= 4 is 11.9 Å². The second-order valence-electron chi connectivity index (χ2n) is 5.79. The van der Waals surface area contributed by atoms with Crippen LogP contribution in [0.25, 0.3) is 0 Å². The molecule has 6 heteroatoms. The van der Waals surface area contributed by atoms with Gasteiger partial charge in [-0.1, -0.05) is 20.8 Å². The van der Waals surface area contributed by atoms with E-state index in [0.717, 1.165) is 0 Å². The van der Waals surface area contributed by atoms with E-state index in [1.807, 2.05) is 20.8 Å². The molecule has 110 valence electrons. The van der Waals surface area contributed by atoms with Gasteiger partial charge in [-0.05, 0) is 17.5 Å². The fourth-order valence-electron chi connectivity index (χ4n) is 1.48. The van der Waals surface area contributed by atoms with Crippen LogP contribution in [0, 0.1) is 5.41 Å². The van der Waals surface area contributed by atoms with Gasteiger partial charge in [0.15, 0.2) is 0 Å². The fraction of sp³-hybridized carbons (Fsp3) is 0.500. The maximum absolute atomic E-state index is 11.8. The van der Waals surface area contributed by atoms with Gasteiger partial charge in [-0.15, -0.1) is 0 Å². The van der Waals surface area contributed by atoms with E-state index in [0.29, 0.717) is 5.69 Å². The maximum Gasteiger partial charge on any atom is 0.335 e. The number of carboxylic acid groups (broad SMARTS) is 1. The molecule has 1 atom stereocenters. The molecule has 1 aromatic rings. The molecule has 0 saturated heterocycles. The topological polar surface area (TPSA) is 105 Å². The summed E-state index contributed by atoms with van der Waals surface area (Å²) >= 11 is 0. The first kappa shape index (κ1) is 16.1. The van der Waals surface area contributed by atoms with E-state index < -0.39 is 5.97 Å². The van der Waals surface area contributed by atoms with E-state index in [2.05, 4.69) is 10.3 Å². The summed E-state index contributed by atoms with van der Waals surface area (Å²) in [7, 11) is 0. The van der Waals surface area contributed by atoms with E-state index >= 15 is 0 Å². The van der Waals surface area contributed by atoms with Crippen molar-refractivity contribution in [2.75, 3.05) is 0 Å². The molecule has 0 radical (unpaired) electrons. The third kappa shape index (κ3) is 4.97. The van der Waals surface area contributed by atoms with Gasteiger partial charge in [0, 0.05) is 18.7 Å². The molecular formula is C14H21N3O3. The summed E-state index contributed by atoms with van der Waals surface area (Å²) in [6.45, 7) is 6.12. The van der Waals surface area contributed by atoms with Gasteiger partial charge in [0.1, 0.15) is 0 Å².